The van der Waals surface area contributed by atoms with E-state index < -0.39 is 0 Å². The maximum atomic E-state index is 12.5. The molecule has 6 fully saturated rings. The van der Waals surface area contributed by atoms with E-state index in [-0.39, 0.29) is 28.2 Å². The molecule has 0 radical (unpaired) electrons. The Bertz CT molecular complexity index is 559. The highest BCUT2D eigenvalue weighted by Crippen LogP contribution is 2.57. The third-order valence-corrected chi connectivity index (χ3v) is 7.80. The predicted octanol–water partition coefficient (Wildman–Crippen LogP) is 3.60. The Kier molecular flexibility index (Phi) is 5.26. The first kappa shape index (κ1) is 19.2. The Morgan fingerprint density at radius 3 is 2.00 bits per heavy atom. The minimum Gasteiger partial charge on any atom is -0.465 e. The lowest BCUT2D eigenvalue weighted by molar-refractivity contribution is -0.177. The molecule has 4 bridgehead atoms. The lowest BCUT2D eigenvalue weighted by Gasteiger charge is -2.60. The van der Waals surface area contributed by atoms with Crippen LogP contribution < -0.4 is 5.32 Å². The maximum Gasteiger partial charge on any atom is 0.306 e. The number of hydrogen-bond donors (Lipinski definition) is 1. The summed E-state index contributed by atoms with van der Waals surface area (Å²) in [7, 11) is 0. The molecule has 0 spiro atoms. The summed E-state index contributed by atoms with van der Waals surface area (Å²) in [6, 6.07) is 0. The molecule has 2 saturated heterocycles. The fourth-order valence-electron chi connectivity index (χ4n) is 6.39. The maximum absolute atomic E-state index is 12.5. The Morgan fingerprint density at radius 2 is 1.44 bits per heavy atom. The van der Waals surface area contributed by atoms with E-state index in [9.17, 15) is 9.59 Å². The number of carbonyl (C=O) groups is 2. The van der Waals surface area contributed by atoms with Crippen LogP contribution in [-0.4, -0.2) is 38.2 Å². The van der Waals surface area contributed by atoms with Gasteiger partial charge in [0.15, 0.2) is 0 Å². The zero-order valence-corrected chi connectivity index (χ0v) is 16.8. The lowest BCUT2D eigenvalue weighted by Crippen LogP contribution is -2.65. The van der Waals surface area contributed by atoms with Crippen molar-refractivity contribution in [1.82, 2.24) is 5.32 Å². The van der Waals surface area contributed by atoms with Crippen molar-refractivity contribution >= 4 is 11.9 Å². The van der Waals surface area contributed by atoms with Gasteiger partial charge < -0.3 is 14.8 Å². The molecular weight excluding hydrogens is 342 g/mol. The third kappa shape index (κ3) is 4.03. The number of fused-ring (bicyclic) bond motifs is 5. The van der Waals surface area contributed by atoms with Crippen molar-refractivity contribution in [3.05, 3.63) is 0 Å². The molecule has 0 aromatic rings. The Morgan fingerprint density at radius 1 is 0.889 bits per heavy atom. The van der Waals surface area contributed by atoms with E-state index in [0.717, 1.165) is 38.3 Å². The van der Waals surface area contributed by atoms with Crippen molar-refractivity contribution in [1.29, 1.82) is 0 Å². The highest BCUT2D eigenvalue weighted by atomic mass is 16.5. The van der Waals surface area contributed by atoms with Crippen LogP contribution in [0.4, 0.5) is 0 Å². The summed E-state index contributed by atoms with van der Waals surface area (Å²) in [6.07, 6.45) is 11.5. The van der Waals surface area contributed by atoms with Crippen molar-refractivity contribution in [3.63, 3.8) is 0 Å². The Labute approximate surface area is 162 Å². The molecule has 2 heterocycles. The van der Waals surface area contributed by atoms with Gasteiger partial charge in [0, 0.05) is 30.3 Å². The number of carbonyl (C=O) groups excluding carboxylic acids is 2. The molecule has 152 valence electrons. The van der Waals surface area contributed by atoms with Gasteiger partial charge in [0.25, 0.3) is 0 Å². The smallest absolute Gasteiger partial charge is 0.306 e. The first-order chi connectivity index (χ1) is 13.0. The summed E-state index contributed by atoms with van der Waals surface area (Å²) < 4.78 is 11.3. The summed E-state index contributed by atoms with van der Waals surface area (Å²) in [5, 5.41) is 3.47. The summed E-state index contributed by atoms with van der Waals surface area (Å²) in [5.74, 6) is 0.828. The van der Waals surface area contributed by atoms with Crippen LogP contribution in [0.2, 0.25) is 0 Å². The molecule has 4 saturated carbocycles. The van der Waals surface area contributed by atoms with Crippen molar-refractivity contribution in [3.8, 4) is 0 Å². The van der Waals surface area contributed by atoms with Gasteiger partial charge in [0.05, 0.1) is 19.6 Å². The van der Waals surface area contributed by atoms with Gasteiger partial charge in [-0.05, 0) is 69.1 Å². The van der Waals surface area contributed by atoms with Gasteiger partial charge >= 0.3 is 11.9 Å². The molecule has 6 rings (SSSR count). The molecule has 5 heteroatoms. The molecule has 0 amide bonds. The van der Waals surface area contributed by atoms with E-state index in [1.165, 1.54) is 38.5 Å². The monoisotopic (exact) mass is 377 g/mol. The van der Waals surface area contributed by atoms with E-state index in [0.29, 0.717) is 26.1 Å². The standard InChI is InChI=1S/C22H35NO4/c1-2-3-18(24)26-15-21-11-22(12-21,14-23-13-21)16-27-19(25)10-20-7-4-17(5-8-20)6-9-20/h17,23H,2-16H2,1H3. The van der Waals surface area contributed by atoms with Crippen LogP contribution in [0, 0.1) is 22.2 Å². The summed E-state index contributed by atoms with van der Waals surface area (Å²) in [5.41, 5.74) is 0.340. The van der Waals surface area contributed by atoms with Gasteiger partial charge in [-0.2, -0.15) is 0 Å². The summed E-state index contributed by atoms with van der Waals surface area (Å²) in [4.78, 5) is 24.2. The largest absolute Gasteiger partial charge is 0.465 e. The van der Waals surface area contributed by atoms with Crippen molar-refractivity contribution in [2.75, 3.05) is 26.3 Å². The first-order valence-corrected chi connectivity index (χ1v) is 11.0. The Balaban J connectivity index is 1.23. The molecule has 0 unspecified atom stereocenters. The minimum atomic E-state index is -0.0946. The summed E-state index contributed by atoms with van der Waals surface area (Å²) >= 11 is 0. The number of esters is 2. The van der Waals surface area contributed by atoms with Gasteiger partial charge in [-0.1, -0.05) is 6.92 Å². The molecule has 5 nitrogen and oxygen atoms in total. The number of ether oxygens (including phenoxy) is 2. The zero-order valence-electron chi connectivity index (χ0n) is 16.8. The van der Waals surface area contributed by atoms with Crippen molar-refractivity contribution < 1.29 is 19.1 Å². The van der Waals surface area contributed by atoms with Gasteiger partial charge in [-0.3, -0.25) is 9.59 Å². The minimum absolute atomic E-state index is 0.00201. The second kappa shape index (κ2) is 7.38. The number of rotatable bonds is 8. The number of hydrogen-bond acceptors (Lipinski definition) is 5. The van der Waals surface area contributed by atoms with Crippen LogP contribution >= 0.6 is 0 Å². The fourth-order valence-corrected chi connectivity index (χ4v) is 6.39. The molecule has 0 atom stereocenters. The highest BCUT2D eigenvalue weighted by molar-refractivity contribution is 5.70. The fraction of sp³-hybridized carbons (Fsp3) is 0.909. The van der Waals surface area contributed by atoms with Crippen LogP contribution in [0.15, 0.2) is 0 Å². The third-order valence-electron chi connectivity index (χ3n) is 7.80. The predicted molar refractivity (Wildman–Crippen MR) is 102 cm³/mol. The van der Waals surface area contributed by atoms with Gasteiger partial charge in [-0.25, -0.2) is 0 Å². The molecular formula is C22H35NO4. The van der Waals surface area contributed by atoms with Gasteiger partial charge in [-0.15, -0.1) is 0 Å². The van der Waals surface area contributed by atoms with Gasteiger partial charge in [0.2, 0.25) is 0 Å². The molecule has 2 aliphatic heterocycles. The van der Waals surface area contributed by atoms with E-state index in [4.69, 9.17) is 9.47 Å². The van der Waals surface area contributed by atoms with E-state index in [2.05, 4.69) is 5.32 Å². The van der Waals surface area contributed by atoms with Gasteiger partial charge in [0.1, 0.15) is 0 Å². The summed E-state index contributed by atoms with van der Waals surface area (Å²) in [6.45, 7) is 4.80. The second-order valence-corrected chi connectivity index (χ2v) is 10.2. The SMILES string of the molecule is CCCC(=O)OCC12CNCC(COC(=O)CC34CCC(CC3)CC4)(C1)C2. The van der Waals surface area contributed by atoms with Crippen LogP contribution in [0.25, 0.3) is 0 Å². The topological polar surface area (TPSA) is 64.6 Å². The number of piperidine rings is 2. The Hall–Kier alpha value is -1.10. The number of nitrogens with one attached hydrogen (secondary N) is 1. The molecule has 6 aliphatic rings. The average Bonchev–Trinajstić information content (AvgIpc) is 2.66. The molecule has 1 N–H and O–H groups in total. The zero-order chi connectivity index (χ0) is 19.0. The second-order valence-electron chi connectivity index (χ2n) is 10.2. The lowest BCUT2D eigenvalue weighted by atomic mass is 9.51. The molecule has 0 aromatic carbocycles. The van der Waals surface area contributed by atoms with Crippen molar-refractivity contribution in [2.45, 2.75) is 77.6 Å². The van der Waals surface area contributed by atoms with Crippen LogP contribution in [-0.2, 0) is 19.1 Å². The highest BCUT2D eigenvalue weighted by Gasteiger charge is 2.58. The normalized spacial score (nSPS) is 39.5. The molecule has 4 aliphatic carbocycles. The first-order valence-electron chi connectivity index (χ1n) is 11.0. The van der Waals surface area contributed by atoms with Crippen LogP contribution in [0.1, 0.15) is 77.6 Å². The molecule has 0 aromatic heterocycles. The van der Waals surface area contributed by atoms with E-state index in [1.807, 2.05) is 6.92 Å². The average molecular weight is 378 g/mol. The van der Waals surface area contributed by atoms with Crippen LogP contribution in [0.5, 0.6) is 0 Å². The van der Waals surface area contributed by atoms with Crippen molar-refractivity contribution in [2.24, 2.45) is 22.2 Å². The van der Waals surface area contributed by atoms with Crippen LogP contribution in [0.3, 0.4) is 0 Å². The quantitative estimate of drug-likeness (QED) is 0.655. The van der Waals surface area contributed by atoms with E-state index >= 15 is 0 Å². The molecule has 27 heavy (non-hydrogen) atoms. The van der Waals surface area contributed by atoms with E-state index in [1.54, 1.807) is 0 Å².